The first-order chi connectivity index (χ1) is 9.47. The Hall–Kier alpha value is -1.81. The molecule has 0 amide bonds. The van der Waals surface area contributed by atoms with Crippen molar-refractivity contribution in [1.29, 1.82) is 0 Å². The van der Waals surface area contributed by atoms with Crippen molar-refractivity contribution in [3.8, 4) is 0 Å². The van der Waals surface area contributed by atoms with Crippen molar-refractivity contribution >= 4 is 23.7 Å². The fourth-order valence-corrected chi connectivity index (χ4v) is 2.72. The maximum Gasteiger partial charge on any atom is 0.155 e. The SMILES string of the molecule is Cc1nn(C)c(N(C)C(C)c2ccccc2Cl)c1C=O. The van der Waals surface area contributed by atoms with Gasteiger partial charge in [0.05, 0.1) is 17.3 Å². The number of carbonyl (C=O) groups excluding carboxylic acids is 1. The summed E-state index contributed by atoms with van der Waals surface area (Å²) in [5.74, 6) is 0.796. The molecule has 1 unspecified atom stereocenters. The molecular formula is C15H18ClN3O. The summed E-state index contributed by atoms with van der Waals surface area (Å²) in [6, 6.07) is 7.77. The maximum absolute atomic E-state index is 11.3. The molecule has 0 spiro atoms. The average Bonchev–Trinajstić information content (AvgIpc) is 2.71. The molecule has 106 valence electrons. The zero-order valence-corrected chi connectivity index (χ0v) is 12.8. The van der Waals surface area contributed by atoms with Crippen LogP contribution in [-0.2, 0) is 7.05 Å². The third-order valence-electron chi connectivity index (χ3n) is 3.63. The van der Waals surface area contributed by atoms with Crippen molar-refractivity contribution in [3.05, 3.63) is 46.1 Å². The second-order valence-corrected chi connectivity index (χ2v) is 5.28. The number of halogens is 1. The number of anilines is 1. The zero-order chi connectivity index (χ0) is 14.9. The second-order valence-electron chi connectivity index (χ2n) is 4.87. The van der Waals surface area contributed by atoms with E-state index in [1.165, 1.54) is 0 Å². The lowest BCUT2D eigenvalue weighted by Crippen LogP contribution is -2.25. The van der Waals surface area contributed by atoms with Gasteiger partial charge in [-0.3, -0.25) is 9.48 Å². The number of aryl methyl sites for hydroxylation is 2. The van der Waals surface area contributed by atoms with E-state index >= 15 is 0 Å². The summed E-state index contributed by atoms with van der Waals surface area (Å²) < 4.78 is 1.73. The zero-order valence-electron chi connectivity index (χ0n) is 12.1. The molecule has 1 aromatic heterocycles. The first-order valence-electron chi connectivity index (χ1n) is 6.43. The monoisotopic (exact) mass is 291 g/mol. The Bertz CT molecular complexity index is 636. The molecule has 0 bridgehead atoms. The number of nitrogens with zero attached hydrogens (tertiary/aromatic N) is 3. The van der Waals surface area contributed by atoms with E-state index in [0.717, 1.165) is 28.4 Å². The van der Waals surface area contributed by atoms with Gasteiger partial charge in [0.2, 0.25) is 0 Å². The molecule has 2 aromatic rings. The summed E-state index contributed by atoms with van der Waals surface area (Å²) in [5.41, 5.74) is 2.37. The van der Waals surface area contributed by atoms with Gasteiger partial charge in [-0.25, -0.2) is 0 Å². The lowest BCUT2D eigenvalue weighted by atomic mass is 10.1. The van der Waals surface area contributed by atoms with Crippen LogP contribution in [0.3, 0.4) is 0 Å². The van der Waals surface area contributed by atoms with Gasteiger partial charge in [-0.05, 0) is 25.5 Å². The first-order valence-corrected chi connectivity index (χ1v) is 6.81. The van der Waals surface area contributed by atoms with Crippen LogP contribution in [0.4, 0.5) is 5.82 Å². The van der Waals surface area contributed by atoms with Crippen LogP contribution in [0, 0.1) is 6.92 Å². The normalized spacial score (nSPS) is 12.2. The maximum atomic E-state index is 11.3. The molecular weight excluding hydrogens is 274 g/mol. The Morgan fingerprint density at radius 2 is 2.05 bits per heavy atom. The Morgan fingerprint density at radius 3 is 2.65 bits per heavy atom. The molecule has 0 radical (unpaired) electrons. The van der Waals surface area contributed by atoms with Gasteiger partial charge in [-0.15, -0.1) is 0 Å². The molecule has 0 aliphatic carbocycles. The molecule has 1 heterocycles. The fraction of sp³-hybridized carbons (Fsp3) is 0.333. The Morgan fingerprint density at radius 1 is 1.40 bits per heavy atom. The molecule has 0 aliphatic heterocycles. The number of benzene rings is 1. The Balaban J connectivity index is 2.44. The number of hydrogen-bond donors (Lipinski definition) is 0. The van der Waals surface area contributed by atoms with Gasteiger partial charge in [0.15, 0.2) is 6.29 Å². The highest BCUT2D eigenvalue weighted by molar-refractivity contribution is 6.31. The van der Waals surface area contributed by atoms with E-state index in [2.05, 4.69) is 12.0 Å². The molecule has 5 heteroatoms. The van der Waals surface area contributed by atoms with Crippen molar-refractivity contribution in [3.63, 3.8) is 0 Å². The van der Waals surface area contributed by atoms with Gasteiger partial charge >= 0.3 is 0 Å². The highest BCUT2D eigenvalue weighted by Crippen LogP contribution is 2.31. The van der Waals surface area contributed by atoms with Gasteiger partial charge in [0.25, 0.3) is 0 Å². The van der Waals surface area contributed by atoms with Gasteiger partial charge in [-0.1, -0.05) is 29.8 Å². The molecule has 0 saturated carbocycles. The second kappa shape index (κ2) is 5.67. The number of rotatable bonds is 4. The third-order valence-corrected chi connectivity index (χ3v) is 3.97. The molecule has 0 saturated heterocycles. The van der Waals surface area contributed by atoms with Crippen molar-refractivity contribution in [1.82, 2.24) is 9.78 Å². The highest BCUT2D eigenvalue weighted by atomic mass is 35.5. The minimum Gasteiger partial charge on any atom is -0.352 e. The molecule has 0 aliphatic rings. The molecule has 2 rings (SSSR count). The Kier molecular flexibility index (Phi) is 4.14. The quantitative estimate of drug-likeness (QED) is 0.811. The van der Waals surface area contributed by atoms with Crippen LogP contribution in [0.25, 0.3) is 0 Å². The van der Waals surface area contributed by atoms with Gasteiger partial charge in [-0.2, -0.15) is 5.10 Å². The summed E-state index contributed by atoms with van der Waals surface area (Å²) in [5, 5.41) is 5.03. The summed E-state index contributed by atoms with van der Waals surface area (Å²) >= 11 is 6.25. The molecule has 0 fully saturated rings. The molecule has 1 aromatic carbocycles. The van der Waals surface area contributed by atoms with Crippen molar-refractivity contribution in [2.24, 2.45) is 7.05 Å². The van der Waals surface area contributed by atoms with E-state index in [1.807, 2.05) is 50.2 Å². The van der Waals surface area contributed by atoms with Crippen LogP contribution >= 0.6 is 11.6 Å². The van der Waals surface area contributed by atoms with Gasteiger partial charge < -0.3 is 4.90 Å². The van der Waals surface area contributed by atoms with Crippen LogP contribution in [0.1, 0.15) is 34.6 Å². The summed E-state index contributed by atoms with van der Waals surface area (Å²) in [7, 11) is 3.78. The minimum atomic E-state index is 0.0391. The highest BCUT2D eigenvalue weighted by Gasteiger charge is 2.22. The van der Waals surface area contributed by atoms with Crippen molar-refractivity contribution < 1.29 is 4.79 Å². The third kappa shape index (κ3) is 2.43. The van der Waals surface area contributed by atoms with E-state index in [9.17, 15) is 4.79 Å². The standard InChI is InChI=1S/C15H18ClN3O/c1-10-13(9-20)15(19(4)17-10)18(3)11(2)12-7-5-6-8-14(12)16/h5-9,11H,1-4H3. The predicted octanol–water partition coefficient (Wildman–Crippen LogP) is 3.39. The van der Waals surface area contributed by atoms with Gasteiger partial charge in [0, 0.05) is 19.1 Å². The van der Waals surface area contributed by atoms with E-state index in [0.29, 0.717) is 5.56 Å². The van der Waals surface area contributed by atoms with Crippen LogP contribution in [-0.4, -0.2) is 23.1 Å². The Labute approximate surface area is 124 Å². The van der Waals surface area contributed by atoms with Crippen LogP contribution < -0.4 is 4.90 Å². The number of aromatic nitrogens is 2. The summed E-state index contributed by atoms with van der Waals surface area (Å²) in [4.78, 5) is 13.3. The smallest absolute Gasteiger partial charge is 0.155 e. The predicted molar refractivity (Wildman–Crippen MR) is 81.6 cm³/mol. The van der Waals surface area contributed by atoms with Crippen LogP contribution in [0.2, 0.25) is 5.02 Å². The van der Waals surface area contributed by atoms with Crippen LogP contribution in [0.15, 0.2) is 24.3 Å². The fourth-order valence-electron chi connectivity index (χ4n) is 2.42. The van der Waals surface area contributed by atoms with E-state index < -0.39 is 0 Å². The molecule has 0 N–H and O–H groups in total. The van der Waals surface area contributed by atoms with E-state index in [1.54, 1.807) is 4.68 Å². The average molecular weight is 292 g/mol. The number of aldehydes is 1. The van der Waals surface area contributed by atoms with E-state index in [4.69, 9.17) is 11.6 Å². The topological polar surface area (TPSA) is 38.1 Å². The first kappa shape index (κ1) is 14.6. The van der Waals surface area contributed by atoms with Crippen molar-refractivity contribution in [2.75, 3.05) is 11.9 Å². The van der Waals surface area contributed by atoms with Crippen molar-refractivity contribution in [2.45, 2.75) is 19.9 Å². The lowest BCUT2D eigenvalue weighted by molar-refractivity contribution is 0.112. The number of carbonyl (C=O) groups is 1. The van der Waals surface area contributed by atoms with E-state index in [-0.39, 0.29) is 6.04 Å². The minimum absolute atomic E-state index is 0.0391. The largest absolute Gasteiger partial charge is 0.352 e. The summed E-state index contributed by atoms with van der Waals surface area (Å²) in [6.07, 6.45) is 0.855. The molecule has 4 nitrogen and oxygen atoms in total. The lowest BCUT2D eigenvalue weighted by Gasteiger charge is -2.28. The number of hydrogen-bond acceptors (Lipinski definition) is 3. The summed E-state index contributed by atoms with van der Waals surface area (Å²) in [6.45, 7) is 3.89. The molecule has 20 heavy (non-hydrogen) atoms. The van der Waals surface area contributed by atoms with Gasteiger partial charge in [0.1, 0.15) is 5.82 Å². The molecule has 1 atom stereocenters. The van der Waals surface area contributed by atoms with Crippen LogP contribution in [0.5, 0.6) is 0 Å².